The summed E-state index contributed by atoms with van der Waals surface area (Å²) in [6.45, 7) is 3.75. The molecule has 4 amide bonds. The average molecular weight is 526 g/mol. The molecule has 3 aromatic carbocycles. The van der Waals surface area contributed by atoms with Crippen LogP contribution in [0.5, 0.6) is 0 Å². The van der Waals surface area contributed by atoms with Crippen LogP contribution in [0.15, 0.2) is 91.0 Å². The van der Waals surface area contributed by atoms with Gasteiger partial charge in [-0.15, -0.1) is 0 Å². The minimum Gasteiger partial charge on any atom is -0.336 e. The predicted molar refractivity (Wildman–Crippen MR) is 149 cm³/mol. The van der Waals surface area contributed by atoms with Gasteiger partial charge in [0.15, 0.2) is 0 Å². The van der Waals surface area contributed by atoms with E-state index in [0.29, 0.717) is 26.1 Å². The second-order valence-corrected chi connectivity index (χ2v) is 9.99. The van der Waals surface area contributed by atoms with Crippen molar-refractivity contribution in [3.05, 3.63) is 108 Å². The Morgan fingerprint density at radius 2 is 1.46 bits per heavy atom. The van der Waals surface area contributed by atoms with Gasteiger partial charge in [-0.2, -0.15) is 0 Å². The Hall–Kier alpha value is -4.17. The SMILES string of the molecule is CCCN1CC(=O)N2[C@@H](c3ccccc3)C(=O)N(CCc3ccccc3)C[C@@H]2N1C(=O)NCc1ccccc1. The number of piperazine rings is 1. The Morgan fingerprint density at radius 1 is 0.846 bits per heavy atom. The molecule has 2 saturated heterocycles. The minimum absolute atomic E-state index is 0.0454. The van der Waals surface area contributed by atoms with Gasteiger partial charge in [-0.3, -0.25) is 9.59 Å². The van der Waals surface area contributed by atoms with Crippen LogP contribution in [0.3, 0.4) is 0 Å². The molecule has 2 aliphatic rings. The summed E-state index contributed by atoms with van der Waals surface area (Å²) in [4.78, 5) is 44.8. The topological polar surface area (TPSA) is 76.2 Å². The first kappa shape index (κ1) is 26.4. The van der Waals surface area contributed by atoms with Crippen molar-refractivity contribution >= 4 is 17.8 Å². The molecule has 0 bridgehead atoms. The summed E-state index contributed by atoms with van der Waals surface area (Å²) in [6.07, 6.45) is 0.849. The van der Waals surface area contributed by atoms with Crippen LogP contribution >= 0.6 is 0 Å². The number of amides is 4. The van der Waals surface area contributed by atoms with Crippen molar-refractivity contribution in [1.82, 2.24) is 25.1 Å². The highest BCUT2D eigenvalue weighted by Crippen LogP contribution is 2.35. The molecule has 2 atom stereocenters. The van der Waals surface area contributed by atoms with Crippen molar-refractivity contribution < 1.29 is 14.4 Å². The van der Waals surface area contributed by atoms with Crippen LogP contribution in [0.4, 0.5) is 4.79 Å². The van der Waals surface area contributed by atoms with Crippen LogP contribution in [0, 0.1) is 0 Å². The Kier molecular flexibility index (Phi) is 8.22. The van der Waals surface area contributed by atoms with Gasteiger partial charge >= 0.3 is 6.03 Å². The number of nitrogens with zero attached hydrogens (tertiary/aromatic N) is 4. The minimum atomic E-state index is -0.790. The van der Waals surface area contributed by atoms with Gasteiger partial charge in [0.05, 0.1) is 13.1 Å². The highest BCUT2D eigenvalue weighted by atomic mass is 16.2. The maximum absolute atomic E-state index is 13.9. The molecule has 39 heavy (non-hydrogen) atoms. The van der Waals surface area contributed by atoms with Gasteiger partial charge in [-0.1, -0.05) is 97.9 Å². The molecule has 0 aliphatic carbocycles. The van der Waals surface area contributed by atoms with E-state index in [2.05, 4.69) is 5.32 Å². The van der Waals surface area contributed by atoms with E-state index in [1.165, 1.54) is 0 Å². The summed E-state index contributed by atoms with van der Waals surface area (Å²) in [5.74, 6) is -0.263. The summed E-state index contributed by atoms with van der Waals surface area (Å²) in [5, 5.41) is 6.55. The van der Waals surface area contributed by atoms with E-state index in [0.717, 1.165) is 23.1 Å². The largest absolute Gasteiger partial charge is 0.336 e. The molecular weight excluding hydrogens is 490 g/mol. The number of carbonyl (C=O) groups excluding carboxylic acids is 3. The standard InChI is InChI=1S/C31H35N5O3/c1-2-19-34-23-28(37)35-27(36(34)31(39)32-21-25-14-8-4-9-15-25)22-33(20-18-24-12-6-3-7-13-24)30(38)29(35)26-16-10-5-11-17-26/h3-17,27,29H,2,18-23H2,1H3,(H,32,39)/t27-,29-/m0/s1. The van der Waals surface area contributed by atoms with Crippen LogP contribution in [0.25, 0.3) is 0 Å². The number of urea groups is 1. The Morgan fingerprint density at radius 3 is 2.10 bits per heavy atom. The fourth-order valence-electron chi connectivity index (χ4n) is 5.46. The van der Waals surface area contributed by atoms with Crippen LogP contribution in [0.1, 0.15) is 36.1 Å². The number of carbonyl (C=O) groups is 3. The van der Waals surface area contributed by atoms with E-state index >= 15 is 0 Å². The molecule has 0 unspecified atom stereocenters. The molecule has 2 fully saturated rings. The van der Waals surface area contributed by atoms with E-state index in [4.69, 9.17) is 0 Å². The molecule has 8 nitrogen and oxygen atoms in total. The molecule has 1 N–H and O–H groups in total. The summed E-state index contributed by atoms with van der Waals surface area (Å²) in [5.41, 5.74) is 2.87. The lowest BCUT2D eigenvalue weighted by atomic mass is 9.98. The molecule has 2 aliphatic heterocycles. The molecule has 8 heteroatoms. The molecule has 0 radical (unpaired) electrons. The highest BCUT2D eigenvalue weighted by Gasteiger charge is 2.51. The molecular formula is C31H35N5O3. The van der Waals surface area contributed by atoms with Crippen molar-refractivity contribution in [2.75, 3.05) is 26.2 Å². The van der Waals surface area contributed by atoms with Crippen molar-refractivity contribution in [2.45, 2.75) is 38.5 Å². The monoisotopic (exact) mass is 525 g/mol. The lowest BCUT2D eigenvalue weighted by molar-refractivity contribution is -0.191. The smallest absolute Gasteiger partial charge is 0.334 e. The van der Waals surface area contributed by atoms with E-state index in [1.54, 1.807) is 9.91 Å². The Labute approximate surface area is 229 Å². The van der Waals surface area contributed by atoms with E-state index in [9.17, 15) is 14.4 Å². The maximum Gasteiger partial charge on any atom is 0.334 e. The average Bonchev–Trinajstić information content (AvgIpc) is 2.97. The van der Waals surface area contributed by atoms with Gasteiger partial charge in [0.2, 0.25) is 11.8 Å². The first-order chi connectivity index (χ1) is 19.1. The van der Waals surface area contributed by atoms with Gasteiger partial charge < -0.3 is 15.1 Å². The van der Waals surface area contributed by atoms with Gasteiger partial charge in [0.1, 0.15) is 12.2 Å². The number of hydrazine groups is 1. The van der Waals surface area contributed by atoms with Gasteiger partial charge in [0, 0.05) is 19.6 Å². The van der Waals surface area contributed by atoms with Crippen molar-refractivity contribution in [2.24, 2.45) is 0 Å². The number of hydrogen-bond acceptors (Lipinski definition) is 4. The number of benzene rings is 3. The van der Waals surface area contributed by atoms with Crippen LogP contribution in [0.2, 0.25) is 0 Å². The molecule has 0 spiro atoms. The zero-order valence-electron chi connectivity index (χ0n) is 22.3. The Balaban J connectivity index is 1.47. The van der Waals surface area contributed by atoms with Crippen LogP contribution < -0.4 is 5.32 Å². The molecule has 0 saturated carbocycles. The highest BCUT2D eigenvalue weighted by molar-refractivity contribution is 5.92. The van der Waals surface area contributed by atoms with Gasteiger partial charge in [0.25, 0.3) is 0 Å². The molecule has 202 valence electrons. The fourth-order valence-corrected chi connectivity index (χ4v) is 5.46. The number of rotatable bonds is 8. The molecule has 2 heterocycles. The van der Waals surface area contributed by atoms with Gasteiger partial charge in [-0.25, -0.2) is 14.8 Å². The second-order valence-electron chi connectivity index (χ2n) is 9.99. The number of nitrogens with one attached hydrogen (secondary N) is 1. The fraction of sp³-hybridized carbons (Fsp3) is 0.323. The third kappa shape index (κ3) is 5.81. The summed E-state index contributed by atoms with van der Waals surface area (Å²) in [7, 11) is 0. The van der Waals surface area contributed by atoms with Crippen molar-refractivity contribution in [3.8, 4) is 0 Å². The van der Waals surface area contributed by atoms with E-state index < -0.39 is 12.2 Å². The first-order valence-corrected chi connectivity index (χ1v) is 13.6. The second kappa shape index (κ2) is 12.1. The molecule has 3 aromatic rings. The molecule has 5 rings (SSSR count). The third-order valence-electron chi connectivity index (χ3n) is 7.33. The van der Waals surface area contributed by atoms with Crippen LogP contribution in [-0.2, 0) is 22.6 Å². The Bertz CT molecular complexity index is 1270. The first-order valence-electron chi connectivity index (χ1n) is 13.6. The quantitative estimate of drug-likeness (QED) is 0.485. The zero-order chi connectivity index (χ0) is 27.2. The van der Waals surface area contributed by atoms with Crippen LogP contribution in [-0.4, -0.2) is 70.0 Å². The maximum atomic E-state index is 13.9. The summed E-state index contributed by atoms with van der Waals surface area (Å²) in [6, 6.07) is 28.1. The summed E-state index contributed by atoms with van der Waals surface area (Å²) < 4.78 is 0. The van der Waals surface area contributed by atoms with E-state index in [-0.39, 0.29) is 30.9 Å². The third-order valence-corrected chi connectivity index (χ3v) is 7.33. The van der Waals surface area contributed by atoms with Crippen molar-refractivity contribution in [3.63, 3.8) is 0 Å². The lowest BCUT2D eigenvalue weighted by Gasteiger charge is -2.55. The van der Waals surface area contributed by atoms with Crippen molar-refractivity contribution in [1.29, 1.82) is 0 Å². The normalized spacial score (nSPS) is 19.7. The van der Waals surface area contributed by atoms with Gasteiger partial charge in [-0.05, 0) is 29.5 Å². The molecule has 0 aromatic heterocycles. The predicted octanol–water partition coefficient (Wildman–Crippen LogP) is 3.82. The number of hydrogen-bond donors (Lipinski definition) is 1. The van der Waals surface area contributed by atoms with E-state index in [1.807, 2.05) is 108 Å². The zero-order valence-corrected chi connectivity index (χ0v) is 22.3. The summed E-state index contributed by atoms with van der Waals surface area (Å²) >= 11 is 0. The number of fused-ring (bicyclic) bond motifs is 1. The lowest BCUT2D eigenvalue weighted by Crippen LogP contribution is -2.74.